The summed E-state index contributed by atoms with van der Waals surface area (Å²) in [6, 6.07) is 0. The molecular weight excluding hydrogens is 132 g/mol. The summed E-state index contributed by atoms with van der Waals surface area (Å²) in [7, 11) is 0. The Hall–Kier alpha value is 0.0300. The van der Waals surface area contributed by atoms with Gasteiger partial charge < -0.3 is 0 Å². The zero-order valence-corrected chi connectivity index (χ0v) is 6.62. The third kappa shape index (κ3) is 1.72. The second-order valence-corrected chi connectivity index (χ2v) is 3.55. The van der Waals surface area contributed by atoms with Crippen LogP contribution in [0.5, 0.6) is 0 Å². The maximum Gasteiger partial charge on any atom is 0.0367 e. The first-order valence-corrected chi connectivity index (χ1v) is 3.94. The fourth-order valence-corrected chi connectivity index (χ4v) is 1.51. The molecule has 0 bridgehead atoms. The minimum absolute atomic E-state index is 0.399. The van der Waals surface area contributed by atoms with Crippen LogP contribution in [0.25, 0.3) is 0 Å². The molecule has 0 aliphatic heterocycles. The van der Waals surface area contributed by atoms with E-state index in [2.05, 4.69) is 13.5 Å². The SMILES string of the molecule is C=C1CCC(Cl)C(C)C1. The Morgan fingerprint density at radius 3 is 2.78 bits per heavy atom. The van der Waals surface area contributed by atoms with Gasteiger partial charge in [-0.2, -0.15) is 0 Å². The lowest BCUT2D eigenvalue weighted by atomic mass is 9.87. The Morgan fingerprint density at radius 1 is 1.67 bits per heavy atom. The van der Waals surface area contributed by atoms with E-state index in [-0.39, 0.29) is 0 Å². The molecule has 0 radical (unpaired) electrons. The second kappa shape index (κ2) is 2.74. The van der Waals surface area contributed by atoms with Crippen LogP contribution in [0.1, 0.15) is 26.2 Å². The van der Waals surface area contributed by atoms with Crippen LogP contribution in [-0.4, -0.2) is 5.38 Å². The van der Waals surface area contributed by atoms with Crippen molar-refractivity contribution in [1.82, 2.24) is 0 Å². The van der Waals surface area contributed by atoms with Crippen LogP contribution >= 0.6 is 11.6 Å². The minimum atomic E-state index is 0.399. The lowest BCUT2D eigenvalue weighted by Crippen LogP contribution is -2.17. The zero-order chi connectivity index (χ0) is 6.85. The molecular formula is C8H13Cl. The van der Waals surface area contributed by atoms with Crippen molar-refractivity contribution in [3.05, 3.63) is 12.2 Å². The molecule has 1 heteroatoms. The summed E-state index contributed by atoms with van der Waals surface area (Å²) < 4.78 is 0. The molecule has 2 unspecified atom stereocenters. The van der Waals surface area contributed by atoms with Crippen molar-refractivity contribution >= 4 is 11.6 Å². The number of halogens is 1. The molecule has 0 aromatic heterocycles. The van der Waals surface area contributed by atoms with Gasteiger partial charge in [-0.15, -0.1) is 11.6 Å². The topological polar surface area (TPSA) is 0 Å². The van der Waals surface area contributed by atoms with E-state index < -0.39 is 0 Å². The van der Waals surface area contributed by atoms with Gasteiger partial charge in [-0.1, -0.05) is 19.1 Å². The summed E-state index contributed by atoms with van der Waals surface area (Å²) in [5.74, 6) is 0.646. The van der Waals surface area contributed by atoms with Gasteiger partial charge in [-0.25, -0.2) is 0 Å². The normalized spacial score (nSPS) is 36.9. The third-order valence-corrected chi connectivity index (χ3v) is 2.65. The monoisotopic (exact) mass is 144 g/mol. The van der Waals surface area contributed by atoms with Crippen LogP contribution in [-0.2, 0) is 0 Å². The molecule has 2 atom stereocenters. The van der Waals surface area contributed by atoms with E-state index >= 15 is 0 Å². The van der Waals surface area contributed by atoms with Gasteiger partial charge in [0, 0.05) is 5.38 Å². The second-order valence-electron chi connectivity index (χ2n) is 2.99. The van der Waals surface area contributed by atoms with Gasteiger partial charge in [0.05, 0.1) is 0 Å². The first-order chi connectivity index (χ1) is 4.20. The Bertz CT molecular complexity index is 118. The summed E-state index contributed by atoms with van der Waals surface area (Å²) in [5, 5.41) is 0.399. The van der Waals surface area contributed by atoms with Crippen molar-refractivity contribution in [3.8, 4) is 0 Å². The van der Waals surface area contributed by atoms with E-state index in [1.54, 1.807) is 0 Å². The molecule has 0 N–H and O–H groups in total. The highest BCUT2D eigenvalue weighted by Crippen LogP contribution is 2.30. The molecule has 9 heavy (non-hydrogen) atoms. The van der Waals surface area contributed by atoms with E-state index in [0.717, 1.165) is 19.3 Å². The molecule has 1 aliphatic rings. The van der Waals surface area contributed by atoms with Crippen molar-refractivity contribution in [2.24, 2.45) is 5.92 Å². The third-order valence-electron chi connectivity index (χ3n) is 2.00. The Balaban J connectivity index is 2.44. The Labute approximate surface area is 61.9 Å². The largest absolute Gasteiger partial charge is 0.123 e. The Kier molecular flexibility index (Phi) is 2.18. The van der Waals surface area contributed by atoms with Crippen LogP contribution in [0.4, 0.5) is 0 Å². The first-order valence-electron chi connectivity index (χ1n) is 3.51. The van der Waals surface area contributed by atoms with Crippen LogP contribution in [0.15, 0.2) is 12.2 Å². The molecule has 1 saturated carbocycles. The molecule has 0 nitrogen and oxygen atoms in total. The van der Waals surface area contributed by atoms with Crippen molar-refractivity contribution in [2.45, 2.75) is 31.6 Å². The smallest absolute Gasteiger partial charge is 0.0367 e. The molecule has 52 valence electrons. The zero-order valence-electron chi connectivity index (χ0n) is 5.86. The van der Waals surface area contributed by atoms with E-state index in [1.165, 1.54) is 5.57 Å². The molecule has 0 aromatic carbocycles. The summed E-state index contributed by atoms with van der Waals surface area (Å²) >= 11 is 5.99. The highest BCUT2D eigenvalue weighted by atomic mass is 35.5. The fraction of sp³-hybridized carbons (Fsp3) is 0.750. The van der Waals surface area contributed by atoms with E-state index in [9.17, 15) is 0 Å². The molecule has 0 aromatic rings. The van der Waals surface area contributed by atoms with Crippen LogP contribution in [0.3, 0.4) is 0 Å². The van der Waals surface area contributed by atoms with Gasteiger partial charge in [0.15, 0.2) is 0 Å². The van der Waals surface area contributed by atoms with E-state index in [1.807, 2.05) is 0 Å². The summed E-state index contributed by atoms with van der Waals surface area (Å²) in [6.45, 7) is 6.14. The van der Waals surface area contributed by atoms with Gasteiger partial charge in [-0.3, -0.25) is 0 Å². The van der Waals surface area contributed by atoms with Gasteiger partial charge in [0.1, 0.15) is 0 Å². The van der Waals surface area contributed by atoms with Crippen LogP contribution in [0.2, 0.25) is 0 Å². The van der Waals surface area contributed by atoms with E-state index in [4.69, 9.17) is 11.6 Å². The standard InChI is InChI=1S/C8H13Cl/c1-6-3-4-8(9)7(2)5-6/h7-8H,1,3-5H2,2H3. The van der Waals surface area contributed by atoms with Gasteiger partial charge in [-0.05, 0) is 25.2 Å². The number of hydrogen-bond donors (Lipinski definition) is 0. The quantitative estimate of drug-likeness (QED) is 0.362. The van der Waals surface area contributed by atoms with E-state index in [0.29, 0.717) is 11.3 Å². The van der Waals surface area contributed by atoms with Gasteiger partial charge in [0.2, 0.25) is 0 Å². The molecule has 0 spiro atoms. The number of hydrogen-bond acceptors (Lipinski definition) is 0. The van der Waals surface area contributed by atoms with Crippen molar-refractivity contribution in [2.75, 3.05) is 0 Å². The predicted octanol–water partition coefficient (Wildman–Crippen LogP) is 2.97. The molecule has 0 amide bonds. The van der Waals surface area contributed by atoms with Crippen molar-refractivity contribution in [1.29, 1.82) is 0 Å². The maximum atomic E-state index is 5.99. The number of allylic oxidation sites excluding steroid dienone is 1. The van der Waals surface area contributed by atoms with Crippen LogP contribution < -0.4 is 0 Å². The minimum Gasteiger partial charge on any atom is -0.123 e. The number of rotatable bonds is 0. The average molecular weight is 145 g/mol. The molecule has 1 aliphatic carbocycles. The average Bonchev–Trinajstić information content (AvgIpc) is 1.80. The molecule has 1 rings (SSSR count). The predicted molar refractivity (Wildman–Crippen MR) is 41.8 cm³/mol. The molecule has 0 heterocycles. The van der Waals surface area contributed by atoms with Crippen molar-refractivity contribution < 1.29 is 0 Å². The summed E-state index contributed by atoms with van der Waals surface area (Å²) in [5.41, 5.74) is 1.37. The summed E-state index contributed by atoms with van der Waals surface area (Å²) in [4.78, 5) is 0. The lowest BCUT2D eigenvalue weighted by molar-refractivity contribution is 0.462. The molecule has 0 saturated heterocycles. The fourth-order valence-electron chi connectivity index (χ4n) is 1.31. The maximum absolute atomic E-state index is 5.99. The van der Waals surface area contributed by atoms with Crippen molar-refractivity contribution in [3.63, 3.8) is 0 Å². The number of alkyl halides is 1. The lowest BCUT2D eigenvalue weighted by Gasteiger charge is -2.24. The Morgan fingerprint density at radius 2 is 2.33 bits per heavy atom. The highest BCUT2D eigenvalue weighted by molar-refractivity contribution is 6.20. The first kappa shape index (κ1) is 7.14. The van der Waals surface area contributed by atoms with Gasteiger partial charge in [0.25, 0.3) is 0 Å². The van der Waals surface area contributed by atoms with Crippen LogP contribution in [0, 0.1) is 5.92 Å². The molecule has 1 fully saturated rings. The summed E-state index contributed by atoms with van der Waals surface area (Å²) in [6.07, 6.45) is 3.40. The van der Waals surface area contributed by atoms with Gasteiger partial charge >= 0.3 is 0 Å². The highest BCUT2D eigenvalue weighted by Gasteiger charge is 2.20.